The van der Waals surface area contributed by atoms with Gasteiger partial charge in [0.2, 0.25) is 10.0 Å². The topological polar surface area (TPSA) is 110 Å². The van der Waals surface area contributed by atoms with E-state index in [1.54, 1.807) is 24.3 Å². The number of anilines is 1. The zero-order chi connectivity index (χ0) is 25.0. The molecule has 3 atom stereocenters. The van der Waals surface area contributed by atoms with Crippen LogP contribution in [-0.4, -0.2) is 49.6 Å². The van der Waals surface area contributed by atoms with Gasteiger partial charge in [0.15, 0.2) is 11.9 Å². The quantitative estimate of drug-likeness (QED) is 0.472. The fourth-order valence-corrected chi connectivity index (χ4v) is 5.81. The van der Waals surface area contributed by atoms with Crippen LogP contribution in [0, 0.1) is 11.8 Å². The summed E-state index contributed by atoms with van der Waals surface area (Å²) in [5.74, 6) is -0.990. The molecule has 1 N–H and O–H groups in total. The predicted octanol–water partition coefficient (Wildman–Crippen LogP) is 3.74. The van der Waals surface area contributed by atoms with Crippen molar-refractivity contribution in [1.29, 1.82) is 0 Å². The lowest BCUT2D eigenvalue weighted by Crippen LogP contribution is -2.42. The van der Waals surface area contributed by atoms with Crippen molar-refractivity contribution in [3.8, 4) is 0 Å². The summed E-state index contributed by atoms with van der Waals surface area (Å²) in [5.41, 5.74) is 0.811. The van der Waals surface area contributed by atoms with Gasteiger partial charge in [-0.2, -0.15) is 4.31 Å². The molecule has 1 fully saturated rings. The van der Waals surface area contributed by atoms with Crippen molar-refractivity contribution < 1.29 is 27.5 Å². The van der Waals surface area contributed by atoms with E-state index in [-0.39, 0.29) is 28.1 Å². The first-order valence-corrected chi connectivity index (χ1v) is 12.6. The third-order valence-electron chi connectivity index (χ3n) is 5.78. The maximum Gasteiger partial charge on any atom is 0.338 e. The van der Waals surface area contributed by atoms with Gasteiger partial charge in [0.05, 0.1) is 16.1 Å². The Kier molecular flexibility index (Phi) is 7.89. The SMILES string of the molecule is CC(=O)c1ccccc1NC(=O)C(C)OC(=O)c1ccc(S(=O)(=O)N2CC(C)CC(C)C2)cc1. The standard InChI is InChI=1S/C25H30N2O6S/c1-16-13-17(2)15-27(14-16)34(31,32)21-11-9-20(10-12-21)25(30)33-19(4)24(29)26-23-8-6-5-7-22(23)18(3)28/h5-12,16-17,19H,13-15H2,1-4H3,(H,26,29). The van der Waals surface area contributed by atoms with Crippen molar-refractivity contribution in [3.05, 3.63) is 59.7 Å². The minimum Gasteiger partial charge on any atom is -0.449 e. The molecule has 0 saturated carbocycles. The van der Waals surface area contributed by atoms with Crippen LogP contribution in [0.25, 0.3) is 0 Å². The van der Waals surface area contributed by atoms with Crippen molar-refractivity contribution in [3.63, 3.8) is 0 Å². The van der Waals surface area contributed by atoms with E-state index in [2.05, 4.69) is 5.32 Å². The summed E-state index contributed by atoms with van der Waals surface area (Å²) >= 11 is 0. The number of Topliss-reactive ketones (excluding diaryl/α,β-unsaturated/α-hetero) is 1. The third kappa shape index (κ3) is 5.90. The van der Waals surface area contributed by atoms with Crippen molar-refractivity contribution in [2.75, 3.05) is 18.4 Å². The summed E-state index contributed by atoms with van der Waals surface area (Å²) in [5, 5.41) is 2.60. The molecule has 34 heavy (non-hydrogen) atoms. The molecule has 9 heteroatoms. The molecular weight excluding hydrogens is 456 g/mol. The average molecular weight is 487 g/mol. The number of sulfonamides is 1. The first-order chi connectivity index (χ1) is 16.0. The number of hydrogen-bond donors (Lipinski definition) is 1. The van der Waals surface area contributed by atoms with Gasteiger partial charge < -0.3 is 10.1 Å². The van der Waals surface area contributed by atoms with Crippen molar-refractivity contribution in [2.24, 2.45) is 11.8 Å². The van der Waals surface area contributed by atoms with Gasteiger partial charge in [-0.15, -0.1) is 0 Å². The molecule has 1 aliphatic rings. The summed E-state index contributed by atoms with van der Waals surface area (Å²) in [6, 6.07) is 12.1. The number of rotatable bonds is 7. The van der Waals surface area contributed by atoms with Crippen molar-refractivity contribution in [2.45, 2.75) is 45.1 Å². The number of carbonyl (C=O) groups excluding carboxylic acids is 3. The van der Waals surface area contributed by atoms with Gasteiger partial charge in [-0.25, -0.2) is 13.2 Å². The Hall–Kier alpha value is -3.04. The fraction of sp³-hybridized carbons (Fsp3) is 0.400. The predicted molar refractivity (Wildman–Crippen MR) is 128 cm³/mol. The molecule has 1 amide bonds. The largest absolute Gasteiger partial charge is 0.449 e. The number of piperidine rings is 1. The van der Waals surface area contributed by atoms with Gasteiger partial charge in [0, 0.05) is 18.7 Å². The Balaban J connectivity index is 1.65. The zero-order valence-electron chi connectivity index (χ0n) is 19.8. The smallest absolute Gasteiger partial charge is 0.338 e. The maximum atomic E-state index is 13.0. The number of ether oxygens (including phenoxy) is 1. The van der Waals surface area contributed by atoms with Crippen LogP contribution in [0.1, 0.15) is 54.8 Å². The van der Waals surface area contributed by atoms with E-state index in [9.17, 15) is 22.8 Å². The zero-order valence-corrected chi connectivity index (χ0v) is 20.6. The van der Waals surface area contributed by atoms with Crippen molar-refractivity contribution >= 4 is 33.4 Å². The Bertz CT molecular complexity index is 1170. The van der Waals surface area contributed by atoms with Gasteiger partial charge in [-0.3, -0.25) is 9.59 Å². The molecular formula is C25H30N2O6S. The number of amides is 1. The highest BCUT2D eigenvalue weighted by molar-refractivity contribution is 7.89. The molecule has 2 aromatic carbocycles. The Morgan fingerprint density at radius 3 is 2.18 bits per heavy atom. The highest BCUT2D eigenvalue weighted by atomic mass is 32.2. The van der Waals surface area contributed by atoms with E-state index in [4.69, 9.17) is 4.74 Å². The van der Waals surface area contributed by atoms with Crippen LogP contribution in [0.4, 0.5) is 5.69 Å². The summed E-state index contributed by atoms with van der Waals surface area (Å²) in [4.78, 5) is 36.8. The number of para-hydroxylation sites is 1. The van der Waals surface area contributed by atoms with E-state index in [0.29, 0.717) is 24.3 Å². The normalized spacial score (nSPS) is 19.8. The summed E-state index contributed by atoms with van der Waals surface area (Å²) in [6.07, 6.45) is -0.143. The molecule has 0 aliphatic carbocycles. The van der Waals surface area contributed by atoms with Crippen LogP contribution in [-0.2, 0) is 19.6 Å². The number of carbonyl (C=O) groups is 3. The van der Waals surface area contributed by atoms with E-state index in [1.807, 2.05) is 13.8 Å². The molecule has 0 spiro atoms. The van der Waals surface area contributed by atoms with Crippen LogP contribution >= 0.6 is 0 Å². The first-order valence-electron chi connectivity index (χ1n) is 11.2. The first kappa shape index (κ1) is 25.6. The molecule has 1 aliphatic heterocycles. The van der Waals surface area contributed by atoms with E-state index in [0.717, 1.165) is 6.42 Å². The van der Waals surface area contributed by atoms with Gasteiger partial charge in [-0.05, 0) is 68.5 Å². The number of nitrogens with zero attached hydrogens (tertiary/aromatic N) is 1. The molecule has 0 aromatic heterocycles. The van der Waals surface area contributed by atoms with Gasteiger partial charge in [0.25, 0.3) is 5.91 Å². The van der Waals surface area contributed by atoms with E-state index >= 15 is 0 Å². The van der Waals surface area contributed by atoms with Crippen LogP contribution in [0.15, 0.2) is 53.4 Å². The molecule has 1 saturated heterocycles. The lowest BCUT2D eigenvalue weighted by Gasteiger charge is -2.34. The minimum atomic E-state index is -3.66. The number of nitrogens with one attached hydrogen (secondary N) is 1. The number of ketones is 1. The second kappa shape index (κ2) is 10.5. The Labute approximate surface area is 200 Å². The summed E-state index contributed by atoms with van der Waals surface area (Å²) in [6.45, 7) is 7.82. The second-order valence-electron chi connectivity index (χ2n) is 8.93. The van der Waals surface area contributed by atoms with Crippen molar-refractivity contribution in [1.82, 2.24) is 4.31 Å². The molecule has 0 bridgehead atoms. The Morgan fingerprint density at radius 2 is 1.59 bits per heavy atom. The molecule has 8 nitrogen and oxygen atoms in total. The highest BCUT2D eigenvalue weighted by Gasteiger charge is 2.31. The van der Waals surface area contributed by atoms with E-state index in [1.165, 1.54) is 42.4 Å². The van der Waals surface area contributed by atoms with Crippen LogP contribution < -0.4 is 5.32 Å². The Morgan fingerprint density at radius 1 is 1.00 bits per heavy atom. The molecule has 3 unspecified atom stereocenters. The summed E-state index contributed by atoms with van der Waals surface area (Å²) < 4.78 is 32.8. The highest BCUT2D eigenvalue weighted by Crippen LogP contribution is 2.27. The monoisotopic (exact) mass is 486 g/mol. The van der Waals surface area contributed by atoms with Gasteiger partial charge in [0.1, 0.15) is 0 Å². The van der Waals surface area contributed by atoms with Gasteiger partial charge in [-0.1, -0.05) is 26.0 Å². The lowest BCUT2D eigenvalue weighted by atomic mass is 9.94. The number of benzene rings is 2. The number of esters is 1. The lowest BCUT2D eigenvalue weighted by molar-refractivity contribution is -0.123. The van der Waals surface area contributed by atoms with Crippen LogP contribution in [0.2, 0.25) is 0 Å². The average Bonchev–Trinajstić information content (AvgIpc) is 2.78. The summed E-state index contributed by atoms with van der Waals surface area (Å²) in [7, 11) is -3.66. The molecule has 182 valence electrons. The molecule has 0 radical (unpaired) electrons. The molecule has 3 rings (SSSR count). The maximum absolute atomic E-state index is 13.0. The molecule has 2 aromatic rings. The number of hydrogen-bond acceptors (Lipinski definition) is 6. The second-order valence-corrected chi connectivity index (χ2v) is 10.9. The van der Waals surface area contributed by atoms with E-state index < -0.39 is 28.0 Å². The minimum absolute atomic E-state index is 0.108. The van der Waals surface area contributed by atoms with Crippen LogP contribution in [0.5, 0.6) is 0 Å². The van der Waals surface area contributed by atoms with Crippen LogP contribution in [0.3, 0.4) is 0 Å². The van der Waals surface area contributed by atoms with Gasteiger partial charge >= 0.3 is 5.97 Å². The fourth-order valence-electron chi connectivity index (χ4n) is 4.13. The third-order valence-corrected chi connectivity index (χ3v) is 7.63. The molecule has 1 heterocycles.